The van der Waals surface area contributed by atoms with Crippen LogP contribution in [0.4, 0.5) is 11.8 Å². The van der Waals surface area contributed by atoms with Crippen LogP contribution in [0.5, 0.6) is 0 Å². The van der Waals surface area contributed by atoms with E-state index >= 15 is 0 Å². The number of rotatable bonds is 9. The van der Waals surface area contributed by atoms with E-state index in [9.17, 15) is 0 Å². The molecule has 1 aromatic carbocycles. The molecular formula is C26H39Cl2N7. The number of anilines is 2. The Morgan fingerprint density at radius 1 is 0.914 bits per heavy atom. The first kappa shape index (κ1) is 27.5. The van der Waals surface area contributed by atoms with Crippen LogP contribution in [-0.2, 0) is 6.42 Å². The number of benzene rings is 1. The Bertz CT molecular complexity index is 1030. The van der Waals surface area contributed by atoms with Gasteiger partial charge in [-0.2, -0.15) is 9.97 Å². The van der Waals surface area contributed by atoms with E-state index in [-0.39, 0.29) is 24.8 Å². The highest BCUT2D eigenvalue weighted by Gasteiger charge is 2.23. The highest BCUT2D eigenvalue weighted by molar-refractivity contribution is 5.86. The second-order valence-corrected chi connectivity index (χ2v) is 9.78. The zero-order valence-electron chi connectivity index (χ0n) is 20.4. The lowest BCUT2D eigenvalue weighted by Crippen LogP contribution is -2.33. The number of nitrogens with zero attached hydrogens (tertiary/aromatic N) is 4. The number of nitrogens with two attached hydrogens (primary N) is 1. The molecule has 2 aliphatic rings. The van der Waals surface area contributed by atoms with Crippen molar-refractivity contribution in [3.05, 3.63) is 42.2 Å². The van der Waals surface area contributed by atoms with Gasteiger partial charge in [0.15, 0.2) is 17.0 Å². The fraction of sp³-hybridized carbons (Fsp3) is 0.577. The van der Waals surface area contributed by atoms with Crippen LogP contribution in [0.2, 0.25) is 0 Å². The van der Waals surface area contributed by atoms with Gasteiger partial charge in [-0.3, -0.25) is 0 Å². The molecule has 0 bridgehead atoms. The molecule has 0 saturated heterocycles. The molecular weight excluding hydrogens is 481 g/mol. The fourth-order valence-electron chi connectivity index (χ4n) is 5.31. The van der Waals surface area contributed by atoms with Crippen LogP contribution in [0, 0.1) is 0 Å². The Hall–Kier alpha value is -2.09. The van der Waals surface area contributed by atoms with Crippen LogP contribution in [0.3, 0.4) is 0 Å². The molecule has 192 valence electrons. The third-order valence-electron chi connectivity index (χ3n) is 7.27. The van der Waals surface area contributed by atoms with Crippen molar-refractivity contribution >= 4 is 47.7 Å². The van der Waals surface area contributed by atoms with Crippen molar-refractivity contribution < 1.29 is 0 Å². The van der Waals surface area contributed by atoms with E-state index in [0.717, 1.165) is 74.4 Å². The number of unbranched alkanes of at least 4 members (excludes halogenated alkanes) is 1. The summed E-state index contributed by atoms with van der Waals surface area (Å²) in [4.78, 5) is 14.6. The topological polar surface area (TPSA) is 93.7 Å². The van der Waals surface area contributed by atoms with Crippen LogP contribution in [0.15, 0.2) is 36.7 Å². The van der Waals surface area contributed by atoms with Gasteiger partial charge < -0.3 is 20.9 Å². The highest BCUT2D eigenvalue weighted by Crippen LogP contribution is 2.33. The number of hydrogen-bond donors (Lipinski definition) is 3. The largest absolute Gasteiger partial charge is 0.368 e. The molecule has 2 aliphatic carbocycles. The second-order valence-electron chi connectivity index (χ2n) is 9.78. The molecule has 0 unspecified atom stereocenters. The second kappa shape index (κ2) is 13.3. The van der Waals surface area contributed by atoms with Crippen LogP contribution in [0.25, 0.3) is 11.2 Å². The van der Waals surface area contributed by atoms with Crippen molar-refractivity contribution in [1.29, 1.82) is 0 Å². The molecule has 2 saturated carbocycles. The number of imidazole rings is 1. The molecule has 9 heteroatoms. The van der Waals surface area contributed by atoms with E-state index < -0.39 is 0 Å². The fourth-order valence-corrected chi connectivity index (χ4v) is 5.31. The summed E-state index contributed by atoms with van der Waals surface area (Å²) in [6.45, 7) is 0.882. The summed E-state index contributed by atoms with van der Waals surface area (Å²) in [5.74, 6) is 1.57. The zero-order valence-corrected chi connectivity index (χ0v) is 22.0. The average Bonchev–Trinajstić information content (AvgIpc) is 3.51. The predicted octanol–water partition coefficient (Wildman–Crippen LogP) is 5.90. The maximum Gasteiger partial charge on any atom is 0.227 e. The van der Waals surface area contributed by atoms with Crippen LogP contribution in [0.1, 0.15) is 75.8 Å². The molecule has 0 amide bonds. The molecule has 0 atom stereocenters. The summed E-state index contributed by atoms with van der Waals surface area (Å²) in [7, 11) is 0. The molecule has 2 heterocycles. The van der Waals surface area contributed by atoms with Crippen molar-refractivity contribution in [2.75, 3.05) is 17.2 Å². The van der Waals surface area contributed by atoms with Crippen molar-refractivity contribution in [3.8, 4) is 0 Å². The molecule has 35 heavy (non-hydrogen) atoms. The minimum atomic E-state index is 0. The van der Waals surface area contributed by atoms with E-state index in [0.29, 0.717) is 18.1 Å². The van der Waals surface area contributed by atoms with Gasteiger partial charge in [0.05, 0.1) is 6.33 Å². The zero-order chi connectivity index (χ0) is 22.5. The number of fused-ring (bicyclic) bond motifs is 1. The first-order valence-corrected chi connectivity index (χ1v) is 12.8. The third-order valence-corrected chi connectivity index (χ3v) is 7.27. The van der Waals surface area contributed by atoms with Crippen molar-refractivity contribution in [2.24, 2.45) is 5.73 Å². The molecule has 0 aliphatic heterocycles. The summed E-state index contributed by atoms with van der Waals surface area (Å²) in [6, 6.07) is 11.9. The lowest BCUT2D eigenvalue weighted by molar-refractivity contribution is 0.410. The Kier molecular flexibility index (Phi) is 10.4. The molecule has 3 aromatic rings. The van der Waals surface area contributed by atoms with E-state index in [1.165, 1.54) is 31.2 Å². The van der Waals surface area contributed by atoms with Gasteiger partial charge in [-0.05, 0) is 63.4 Å². The van der Waals surface area contributed by atoms with Gasteiger partial charge in [0.2, 0.25) is 5.95 Å². The smallest absolute Gasteiger partial charge is 0.227 e. The standard InChI is InChI=1S/C26H37N7.2ClH/c27-20-13-15-21(16-14-20)30-26-31-24(28-17-7-6-10-19-8-2-1-3-9-19)23-25(32-26)33(18-29-23)22-11-4-5-12-22;;/h1-3,8-9,18,20-22H,4-7,10-17,27H2,(H2,28,30,31,32);2*1H. The molecule has 4 N–H and O–H groups in total. The first-order valence-electron chi connectivity index (χ1n) is 12.8. The molecule has 0 radical (unpaired) electrons. The van der Waals surface area contributed by atoms with Gasteiger partial charge in [-0.1, -0.05) is 43.2 Å². The molecule has 2 aromatic heterocycles. The number of halogens is 2. The van der Waals surface area contributed by atoms with E-state index in [1.807, 2.05) is 6.33 Å². The SMILES string of the molecule is Cl.Cl.NC1CCC(Nc2nc(NCCCCc3ccccc3)c3ncn(C4CCCC4)c3n2)CC1. The third kappa shape index (κ3) is 6.99. The quantitative estimate of drug-likeness (QED) is 0.304. The van der Waals surface area contributed by atoms with Gasteiger partial charge in [-0.25, -0.2) is 4.98 Å². The average molecular weight is 521 g/mol. The summed E-state index contributed by atoms with van der Waals surface area (Å²) >= 11 is 0. The lowest BCUT2D eigenvalue weighted by Gasteiger charge is -2.27. The lowest BCUT2D eigenvalue weighted by atomic mass is 9.92. The summed E-state index contributed by atoms with van der Waals surface area (Å²) < 4.78 is 2.28. The molecule has 0 spiro atoms. The van der Waals surface area contributed by atoms with Crippen molar-refractivity contribution in [1.82, 2.24) is 19.5 Å². The number of aromatic nitrogens is 4. The van der Waals surface area contributed by atoms with Gasteiger partial charge in [0.25, 0.3) is 0 Å². The van der Waals surface area contributed by atoms with Crippen LogP contribution in [-0.4, -0.2) is 38.1 Å². The maximum absolute atomic E-state index is 6.10. The van der Waals surface area contributed by atoms with E-state index in [4.69, 9.17) is 20.7 Å². The maximum atomic E-state index is 6.10. The normalized spacial score (nSPS) is 20.3. The number of nitrogens with one attached hydrogen (secondary N) is 2. The highest BCUT2D eigenvalue weighted by atomic mass is 35.5. The summed E-state index contributed by atoms with van der Waals surface area (Å²) in [5, 5.41) is 7.18. The molecule has 2 fully saturated rings. The Balaban J connectivity index is 0.00000171. The van der Waals surface area contributed by atoms with Crippen molar-refractivity contribution in [3.63, 3.8) is 0 Å². The van der Waals surface area contributed by atoms with E-state index in [1.54, 1.807) is 0 Å². The van der Waals surface area contributed by atoms with Crippen LogP contribution >= 0.6 is 24.8 Å². The summed E-state index contributed by atoms with van der Waals surface area (Å²) in [5.41, 5.74) is 9.35. The van der Waals surface area contributed by atoms with Gasteiger partial charge in [0, 0.05) is 24.7 Å². The monoisotopic (exact) mass is 519 g/mol. The van der Waals surface area contributed by atoms with E-state index in [2.05, 4.69) is 45.5 Å². The Morgan fingerprint density at radius 2 is 1.66 bits per heavy atom. The Labute approximate surface area is 220 Å². The first-order chi connectivity index (χ1) is 16.3. The number of aryl methyl sites for hydroxylation is 1. The minimum absolute atomic E-state index is 0. The molecule has 7 nitrogen and oxygen atoms in total. The van der Waals surface area contributed by atoms with Gasteiger partial charge in [-0.15, -0.1) is 24.8 Å². The van der Waals surface area contributed by atoms with Crippen LogP contribution < -0.4 is 16.4 Å². The van der Waals surface area contributed by atoms with Gasteiger partial charge >= 0.3 is 0 Å². The summed E-state index contributed by atoms with van der Waals surface area (Å²) in [6.07, 6.45) is 14.6. The predicted molar refractivity (Wildman–Crippen MR) is 149 cm³/mol. The number of hydrogen-bond acceptors (Lipinski definition) is 6. The molecule has 5 rings (SSSR count). The Morgan fingerprint density at radius 3 is 2.40 bits per heavy atom. The van der Waals surface area contributed by atoms with Gasteiger partial charge in [0.1, 0.15) is 0 Å². The van der Waals surface area contributed by atoms with Crippen molar-refractivity contribution in [2.45, 2.75) is 88.8 Å². The minimum Gasteiger partial charge on any atom is -0.368 e.